The number of hydrogen-bond acceptors (Lipinski definition) is 6. The highest BCUT2D eigenvalue weighted by molar-refractivity contribution is 7.15. The van der Waals surface area contributed by atoms with E-state index >= 15 is 0 Å². The van der Waals surface area contributed by atoms with Crippen molar-refractivity contribution >= 4 is 28.1 Å². The zero-order valence-electron chi connectivity index (χ0n) is 19.4. The van der Waals surface area contributed by atoms with Crippen molar-refractivity contribution in [3.63, 3.8) is 0 Å². The average Bonchev–Trinajstić information content (AvgIpc) is 3.16. The fourth-order valence-corrected chi connectivity index (χ4v) is 7.16. The molecule has 0 bridgehead atoms. The number of carbonyl (C=O) groups is 1. The van der Waals surface area contributed by atoms with Gasteiger partial charge in [-0.05, 0) is 48.6 Å². The zero-order valence-corrected chi connectivity index (χ0v) is 20.2. The fourth-order valence-electron chi connectivity index (χ4n) is 5.88. The predicted molar refractivity (Wildman–Crippen MR) is 128 cm³/mol. The first-order valence-electron chi connectivity index (χ1n) is 11.6. The minimum absolute atomic E-state index is 0.00172. The number of rotatable bonds is 7. The number of aromatic nitrogens is 1. The molecule has 174 valence electrons. The summed E-state index contributed by atoms with van der Waals surface area (Å²) < 4.78 is 5.03. The van der Waals surface area contributed by atoms with Crippen molar-refractivity contribution < 1.29 is 14.6 Å². The third kappa shape index (κ3) is 4.43. The minimum atomic E-state index is -0.521. The highest BCUT2D eigenvalue weighted by atomic mass is 32.1. The molecule has 3 N–H and O–H groups in total. The molecule has 1 saturated carbocycles. The van der Waals surface area contributed by atoms with E-state index in [1.54, 1.807) is 18.4 Å². The molecule has 4 rings (SSSR count). The second kappa shape index (κ2) is 9.49. The van der Waals surface area contributed by atoms with Crippen molar-refractivity contribution in [2.45, 2.75) is 52.1 Å². The van der Waals surface area contributed by atoms with Gasteiger partial charge in [-0.1, -0.05) is 39.0 Å². The van der Waals surface area contributed by atoms with E-state index in [0.717, 1.165) is 35.8 Å². The maximum Gasteiger partial charge on any atom is 0.223 e. The van der Waals surface area contributed by atoms with Crippen LogP contribution < -0.4 is 10.6 Å². The topological polar surface area (TPSA) is 83.5 Å². The summed E-state index contributed by atoms with van der Waals surface area (Å²) in [4.78, 5) is 18.9. The Balaban J connectivity index is 1.52. The number of amides is 1. The van der Waals surface area contributed by atoms with E-state index in [9.17, 15) is 9.90 Å². The maximum atomic E-state index is 12.7. The lowest BCUT2D eigenvalue weighted by molar-refractivity contribution is -0.135. The van der Waals surface area contributed by atoms with Crippen molar-refractivity contribution in [2.75, 3.05) is 25.6 Å². The molecule has 0 radical (unpaired) electrons. The Morgan fingerprint density at radius 1 is 1.38 bits per heavy atom. The van der Waals surface area contributed by atoms with E-state index in [2.05, 4.69) is 24.5 Å². The van der Waals surface area contributed by atoms with Crippen molar-refractivity contribution in [1.29, 1.82) is 0 Å². The van der Waals surface area contributed by atoms with Crippen molar-refractivity contribution in [3.05, 3.63) is 40.9 Å². The van der Waals surface area contributed by atoms with E-state index < -0.39 is 6.10 Å². The Bertz CT molecular complexity index is 934. The Kier molecular flexibility index (Phi) is 6.89. The number of nitrogens with zero attached hydrogens (tertiary/aromatic N) is 1. The molecule has 0 spiro atoms. The summed E-state index contributed by atoms with van der Waals surface area (Å²) in [6.07, 6.45) is 2.29. The van der Waals surface area contributed by atoms with Gasteiger partial charge in [0.2, 0.25) is 5.91 Å². The highest BCUT2D eigenvalue weighted by Gasteiger charge is 2.53. The number of aliphatic hydroxyl groups excluding tert-OH is 1. The molecule has 2 aromatic rings. The van der Waals surface area contributed by atoms with Crippen molar-refractivity contribution in [2.24, 2.45) is 23.2 Å². The molecule has 0 saturated heterocycles. The summed E-state index contributed by atoms with van der Waals surface area (Å²) in [5, 5.41) is 18.8. The Labute approximate surface area is 194 Å². The van der Waals surface area contributed by atoms with Crippen LogP contribution in [0.2, 0.25) is 0 Å². The first-order chi connectivity index (χ1) is 15.3. The molecule has 0 unspecified atom stereocenters. The Hall–Kier alpha value is -1.96. The summed E-state index contributed by atoms with van der Waals surface area (Å²) in [6, 6.07) is 10.1. The molecule has 2 aliphatic rings. The first-order valence-corrected chi connectivity index (χ1v) is 12.4. The van der Waals surface area contributed by atoms with Crippen molar-refractivity contribution in [1.82, 2.24) is 10.3 Å². The predicted octanol–water partition coefficient (Wildman–Crippen LogP) is 4.34. The first kappa shape index (κ1) is 23.2. The van der Waals surface area contributed by atoms with Gasteiger partial charge in [0.15, 0.2) is 5.13 Å². The van der Waals surface area contributed by atoms with Crippen molar-refractivity contribution in [3.8, 4) is 0 Å². The number of anilines is 2. The van der Waals surface area contributed by atoms with Crippen LogP contribution in [0.3, 0.4) is 0 Å². The molecule has 6 atom stereocenters. The van der Waals surface area contributed by atoms with Crippen LogP contribution in [0.15, 0.2) is 30.3 Å². The number of thiazole rings is 1. The lowest BCUT2D eigenvalue weighted by atomic mass is 9.53. The molecule has 7 heteroatoms. The van der Waals surface area contributed by atoms with Crippen LogP contribution >= 0.6 is 11.3 Å². The van der Waals surface area contributed by atoms with Gasteiger partial charge in [0.25, 0.3) is 0 Å². The number of aliphatic hydroxyl groups is 1. The smallest absolute Gasteiger partial charge is 0.223 e. The molecule has 1 aromatic carbocycles. The molecule has 6 nitrogen and oxygen atoms in total. The standard InChI is InChI=1S/C25H35N3O3S/c1-15(23(30)26-12-13-31-4)18-10-11-25(3)14-19-21(16(2)20(25)22(18)29)28-24(32-19)27-17-8-6-5-7-9-17/h5-9,15-16,18,20,22,29H,10-14H2,1-4H3,(H,26,30)(H,27,28)/t15-,16-,18+,20+,22-,25-/m0/s1. The maximum absolute atomic E-state index is 12.7. The van der Waals surface area contributed by atoms with Gasteiger partial charge in [0, 0.05) is 36.1 Å². The molecule has 1 aromatic heterocycles. The van der Waals surface area contributed by atoms with Gasteiger partial charge in [-0.2, -0.15) is 0 Å². The van der Waals surface area contributed by atoms with Gasteiger partial charge in [-0.25, -0.2) is 4.98 Å². The van der Waals surface area contributed by atoms with Crippen LogP contribution in [0.4, 0.5) is 10.8 Å². The van der Waals surface area contributed by atoms with Gasteiger partial charge in [0.05, 0.1) is 18.4 Å². The highest BCUT2D eigenvalue weighted by Crippen LogP contribution is 2.57. The van der Waals surface area contributed by atoms with Gasteiger partial charge in [-0.3, -0.25) is 4.79 Å². The summed E-state index contributed by atoms with van der Waals surface area (Å²) in [5.74, 6) is -0.0321. The van der Waals surface area contributed by atoms with Crippen LogP contribution in [0.25, 0.3) is 0 Å². The van der Waals surface area contributed by atoms with Crippen LogP contribution in [-0.2, 0) is 16.0 Å². The lowest BCUT2D eigenvalue weighted by Gasteiger charge is -2.53. The summed E-state index contributed by atoms with van der Waals surface area (Å²) >= 11 is 1.73. The molecule has 32 heavy (non-hydrogen) atoms. The monoisotopic (exact) mass is 457 g/mol. The molecule has 1 heterocycles. The Morgan fingerprint density at radius 3 is 2.84 bits per heavy atom. The average molecular weight is 458 g/mol. The Morgan fingerprint density at radius 2 is 2.12 bits per heavy atom. The summed E-state index contributed by atoms with van der Waals surface area (Å²) in [6.45, 7) is 7.45. The number of benzene rings is 1. The van der Waals surface area contributed by atoms with E-state index in [-0.39, 0.29) is 35.0 Å². The second-order valence-electron chi connectivity index (χ2n) is 9.73. The summed E-state index contributed by atoms with van der Waals surface area (Å²) in [7, 11) is 1.62. The number of ether oxygens (including phenoxy) is 1. The molecule has 2 aliphatic carbocycles. The zero-order chi connectivity index (χ0) is 22.9. The third-order valence-electron chi connectivity index (χ3n) is 7.61. The van der Waals surface area contributed by atoms with Gasteiger partial charge in [0.1, 0.15) is 0 Å². The van der Waals surface area contributed by atoms with Crippen LogP contribution in [-0.4, -0.2) is 42.4 Å². The second-order valence-corrected chi connectivity index (χ2v) is 10.8. The number of nitrogens with one attached hydrogen (secondary N) is 2. The number of hydrogen-bond donors (Lipinski definition) is 3. The van der Waals surface area contributed by atoms with Crippen LogP contribution in [0.1, 0.15) is 50.1 Å². The number of para-hydroxylation sites is 1. The normalized spacial score (nSPS) is 30.2. The van der Waals surface area contributed by atoms with Crippen LogP contribution in [0, 0.1) is 23.2 Å². The summed E-state index contributed by atoms with van der Waals surface area (Å²) in [5.41, 5.74) is 2.15. The van der Waals surface area contributed by atoms with E-state index in [0.29, 0.717) is 13.2 Å². The number of fused-ring (bicyclic) bond motifs is 2. The quantitative estimate of drug-likeness (QED) is 0.539. The molecule has 0 aliphatic heterocycles. The number of methoxy groups -OCH3 is 1. The van der Waals surface area contributed by atoms with Gasteiger partial charge < -0.3 is 20.5 Å². The molecule has 1 fully saturated rings. The fraction of sp³-hybridized carbons (Fsp3) is 0.600. The van der Waals surface area contributed by atoms with Gasteiger partial charge in [-0.15, -0.1) is 11.3 Å². The SMILES string of the molecule is COCCNC(=O)[C@@H](C)[C@H]1CC[C@@]2(C)Cc3sc(Nc4ccccc4)nc3[C@@H](C)[C@@H]2[C@H]1O. The third-order valence-corrected chi connectivity index (χ3v) is 8.59. The largest absolute Gasteiger partial charge is 0.392 e. The molecular weight excluding hydrogens is 422 g/mol. The van der Waals surface area contributed by atoms with E-state index in [1.807, 2.05) is 37.3 Å². The lowest BCUT2D eigenvalue weighted by Crippen LogP contribution is -2.53. The minimum Gasteiger partial charge on any atom is -0.392 e. The molecular formula is C25H35N3O3S. The molecule has 1 amide bonds. The van der Waals surface area contributed by atoms with E-state index in [1.165, 1.54) is 4.88 Å². The number of carbonyl (C=O) groups excluding carboxylic acids is 1. The van der Waals surface area contributed by atoms with E-state index in [4.69, 9.17) is 9.72 Å². The van der Waals surface area contributed by atoms with Gasteiger partial charge >= 0.3 is 0 Å². The van der Waals surface area contributed by atoms with Crippen LogP contribution in [0.5, 0.6) is 0 Å².